The van der Waals surface area contributed by atoms with E-state index in [4.69, 9.17) is 0 Å². The Labute approximate surface area is 117 Å². The normalized spacial score (nSPS) is 20.2. The fraction of sp³-hybridized carbons (Fsp3) is 0.500. The van der Waals surface area contributed by atoms with E-state index in [1.807, 2.05) is 25.1 Å². The molecule has 0 bridgehead atoms. The fourth-order valence-electron chi connectivity index (χ4n) is 1.95. The number of nitrogens with zero attached hydrogens (tertiary/aromatic N) is 1. The van der Waals surface area contributed by atoms with Crippen molar-refractivity contribution in [3.63, 3.8) is 0 Å². The van der Waals surface area contributed by atoms with Crippen LogP contribution in [0.2, 0.25) is 0 Å². The number of hydrogen-bond acceptors (Lipinski definition) is 3. The number of benzene rings is 1. The van der Waals surface area contributed by atoms with Crippen LogP contribution in [-0.4, -0.2) is 33.8 Å². The van der Waals surface area contributed by atoms with Gasteiger partial charge >= 0.3 is 0 Å². The van der Waals surface area contributed by atoms with Gasteiger partial charge in [-0.3, -0.25) is 4.31 Å². The molecule has 1 aliphatic rings. The van der Waals surface area contributed by atoms with Gasteiger partial charge in [-0.1, -0.05) is 22.0 Å². The third kappa shape index (κ3) is 3.05. The van der Waals surface area contributed by atoms with Crippen molar-refractivity contribution in [2.24, 2.45) is 0 Å². The van der Waals surface area contributed by atoms with Gasteiger partial charge in [0, 0.05) is 17.6 Å². The van der Waals surface area contributed by atoms with Crippen molar-refractivity contribution in [2.45, 2.75) is 13.3 Å². The minimum absolute atomic E-state index is 0.151. The first-order valence-electron chi connectivity index (χ1n) is 5.98. The first kappa shape index (κ1) is 13.8. The Balaban J connectivity index is 2.35. The van der Waals surface area contributed by atoms with Crippen molar-refractivity contribution in [3.05, 3.63) is 28.2 Å². The molecule has 0 saturated carbocycles. The molecule has 4 nitrogen and oxygen atoms in total. The molecule has 0 atom stereocenters. The van der Waals surface area contributed by atoms with Crippen LogP contribution < -0.4 is 9.62 Å². The van der Waals surface area contributed by atoms with E-state index in [1.165, 1.54) is 4.31 Å². The lowest BCUT2D eigenvalue weighted by Gasteiger charge is -2.27. The van der Waals surface area contributed by atoms with Gasteiger partial charge in [0.25, 0.3) is 0 Å². The highest BCUT2D eigenvalue weighted by Gasteiger charge is 2.23. The van der Waals surface area contributed by atoms with Crippen LogP contribution in [0.25, 0.3) is 0 Å². The smallest absolute Gasteiger partial charge is 0.236 e. The molecule has 1 heterocycles. The molecule has 1 aromatic rings. The van der Waals surface area contributed by atoms with Gasteiger partial charge in [0.15, 0.2) is 0 Å². The average Bonchev–Trinajstić information content (AvgIpc) is 2.29. The molecule has 100 valence electrons. The van der Waals surface area contributed by atoms with Gasteiger partial charge in [0.05, 0.1) is 11.4 Å². The quantitative estimate of drug-likeness (QED) is 0.854. The maximum Gasteiger partial charge on any atom is 0.236 e. The summed E-state index contributed by atoms with van der Waals surface area (Å²) in [7, 11) is -3.22. The van der Waals surface area contributed by atoms with E-state index >= 15 is 0 Å². The number of anilines is 1. The van der Waals surface area contributed by atoms with Crippen LogP contribution in [0.3, 0.4) is 0 Å². The van der Waals surface area contributed by atoms with E-state index in [0.717, 1.165) is 28.7 Å². The summed E-state index contributed by atoms with van der Waals surface area (Å²) < 4.78 is 26.9. The van der Waals surface area contributed by atoms with Gasteiger partial charge in [-0.25, -0.2) is 8.42 Å². The number of aryl methyl sites for hydroxylation is 1. The lowest BCUT2D eigenvalue weighted by molar-refractivity contribution is 0.572. The van der Waals surface area contributed by atoms with E-state index in [9.17, 15) is 8.42 Å². The monoisotopic (exact) mass is 332 g/mol. The fourth-order valence-corrected chi connectivity index (χ4v) is 3.78. The zero-order chi connectivity index (χ0) is 13.2. The number of nitrogens with one attached hydrogen (secondary N) is 1. The van der Waals surface area contributed by atoms with Crippen molar-refractivity contribution in [2.75, 3.05) is 29.7 Å². The van der Waals surface area contributed by atoms with Gasteiger partial charge in [-0.2, -0.15) is 0 Å². The lowest BCUT2D eigenvalue weighted by Crippen LogP contribution is -2.41. The molecule has 0 radical (unpaired) electrons. The summed E-state index contributed by atoms with van der Waals surface area (Å²) in [4.78, 5) is 0. The Morgan fingerprint density at radius 1 is 1.33 bits per heavy atom. The van der Waals surface area contributed by atoms with Gasteiger partial charge in [0.2, 0.25) is 10.0 Å². The molecule has 1 fully saturated rings. The Hall–Kier alpha value is -0.590. The Kier molecular flexibility index (Phi) is 4.29. The van der Waals surface area contributed by atoms with Gasteiger partial charge in [-0.15, -0.1) is 0 Å². The second kappa shape index (κ2) is 5.59. The maximum absolute atomic E-state index is 12.2. The van der Waals surface area contributed by atoms with E-state index in [2.05, 4.69) is 21.2 Å². The molecule has 1 N–H and O–H groups in total. The van der Waals surface area contributed by atoms with Crippen molar-refractivity contribution in [1.29, 1.82) is 0 Å². The minimum Gasteiger partial charge on any atom is -0.316 e. The van der Waals surface area contributed by atoms with Crippen molar-refractivity contribution < 1.29 is 8.42 Å². The second-order valence-electron chi connectivity index (χ2n) is 4.43. The first-order chi connectivity index (χ1) is 8.50. The van der Waals surface area contributed by atoms with E-state index in [-0.39, 0.29) is 5.75 Å². The molecule has 0 spiro atoms. The van der Waals surface area contributed by atoms with Crippen LogP contribution in [0.1, 0.15) is 12.0 Å². The number of sulfonamides is 1. The summed E-state index contributed by atoms with van der Waals surface area (Å²) in [6, 6.07) is 5.68. The highest BCUT2D eigenvalue weighted by molar-refractivity contribution is 9.10. The largest absolute Gasteiger partial charge is 0.316 e. The predicted octanol–water partition coefficient (Wildman–Crippen LogP) is 1.89. The first-order valence-corrected chi connectivity index (χ1v) is 8.38. The summed E-state index contributed by atoms with van der Waals surface area (Å²) in [5.74, 6) is 0.151. The zero-order valence-corrected chi connectivity index (χ0v) is 12.7. The van der Waals surface area contributed by atoms with Crippen LogP contribution in [0.15, 0.2) is 22.7 Å². The highest BCUT2D eigenvalue weighted by Crippen LogP contribution is 2.26. The standard InChI is InChI=1S/C12H17BrN2O2S/c1-10-3-4-11(9-12(10)13)15-7-2-5-14-6-8-18(15,16)17/h3-4,9,14H,2,5-8H2,1H3. The van der Waals surface area contributed by atoms with Gasteiger partial charge in [-0.05, 0) is 37.6 Å². The molecule has 1 aliphatic heterocycles. The number of halogens is 1. The molecule has 0 aliphatic carbocycles. The highest BCUT2D eigenvalue weighted by atomic mass is 79.9. The Morgan fingerprint density at radius 2 is 2.11 bits per heavy atom. The summed E-state index contributed by atoms with van der Waals surface area (Å²) in [6.07, 6.45) is 0.824. The van der Waals surface area contributed by atoms with Crippen LogP contribution in [-0.2, 0) is 10.0 Å². The third-order valence-electron chi connectivity index (χ3n) is 3.03. The Bertz CT molecular complexity index is 531. The van der Waals surface area contributed by atoms with E-state index in [0.29, 0.717) is 13.1 Å². The van der Waals surface area contributed by atoms with Crippen molar-refractivity contribution >= 4 is 31.6 Å². The molecule has 0 unspecified atom stereocenters. The van der Waals surface area contributed by atoms with Gasteiger partial charge < -0.3 is 5.32 Å². The second-order valence-corrected chi connectivity index (χ2v) is 7.29. The van der Waals surface area contributed by atoms with Crippen molar-refractivity contribution in [3.8, 4) is 0 Å². The molecular weight excluding hydrogens is 316 g/mol. The van der Waals surface area contributed by atoms with Crippen molar-refractivity contribution in [1.82, 2.24) is 5.32 Å². The van der Waals surface area contributed by atoms with E-state index in [1.54, 1.807) is 0 Å². The minimum atomic E-state index is -3.22. The molecule has 18 heavy (non-hydrogen) atoms. The van der Waals surface area contributed by atoms with Gasteiger partial charge in [0.1, 0.15) is 0 Å². The predicted molar refractivity (Wildman–Crippen MR) is 77.5 cm³/mol. The van der Waals surface area contributed by atoms with Crippen LogP contribution in [0.5, 0.6) is 0 Å². The summed E-state index contributed by atoms with van der Waals surface area (Å²) in [5, 5.41) is 3.12. The average molecular weight is 333 g/mol. The molecular formula is C12H17BrN2O2S. The number of rotatable bonds is 1. The number of hydrogen-bond donors (Lipinski definition) is 1. The van der Waals surface area contributed by atoms with E-state index < -0.39 is 10.0 Å². The summed E-state index contributed by atoms with van der Waals surface area (Å²) >= 11 is 3.45. The SMILES string of the molecule is Cc1ccc(N2CCCNCCS2(=O)=O)cc1Br. The summed E-state index contributed by atoms with van der Waals surface area (Å²) in [6.45, 7) is 3.90. The molecule has 0 amide bonds. The molecule has 6 heteroatoms. The van der Waals surface area contributed by atoms with Crippen LogP contribution in [0, 0.1) is 6.92 Å². The molecule has 1 saturated heterocycles. The van der Waals surface area contributed by atoms with Crippen LogP contribution in [0.4, 0.5) is 5.69 Å². The molecule has 1 aromatic carbocycles. The topological polar surface area (TPSA) is 49.4 Å². The Morgan fingerprint density at radius 3 is 2.83 bits per heavy atom. The molecule has 0 aromatic heterocycles. The third-order valence-corrected chi connectivity index (χ3v) is 5.67. The maximum atomic E-state index is 12.2. The van der Waals surface area contributed by atoms with Crippen LogP contribution >= 0.6 is 15.9 Å². The molecule has 2 rings (SSSR count). The lowest BCUT2D eigenvalue weighted by atomic mass is 10.2. The zero-order valence-electron chi connectivity index (χ0n) is 10.3. The summed E-state index contributed by atoms with van der Waals surface area (Å²) in [5.41, 5.74) is 1.85.